The summed E-state index contributed by atoms with van der Waals surface area (Å²) in [5.41, 5.74) is 6.67. The van der Waals surface area contributed by atoms with Crippen LogP contribution >= 0.6 is 0 Å². The lowest BCUT2D eigenvalue weighted by Gasteiger charge is -2.22. The summed E-state index contributed by atoms with van der Waals surface area (Å²) in [4.78, 5) is 0. The first kappa shape index (κ1) is 11.0. The minimum Gasteiger partial charge on any atom is -0.493 e. The molecule has 86 valence electrons. The maximum atomic E-state index is 5.72. The molecule has 2 aromatic rings. The summed E-state index contributed by atoms with van der Waals surface area (Å²) in [6.45, 7) is 5.40. The van der Waals surface area contributed by atoms with Gasteiger partial charge in [0.2, 0.25) is 0 Å². The van der Waals surface area contributed by atoms with Crippen LogP contribution in [0.3, 0.4) is 0 Å². The number of H-pyrrole nitrogens is 1. The maximum Gasteiger partial charge on any atom is 0.120 e. The Bertz CT molecular complexity index is 476. The lowest BCUT2D eigenvalue weighted by Crippen LogP contribution is -2.30. The molecule has 4 heteroatoms. The zero-order chi connectivity index (χ0) is 11.6. The van der Waals surface area contributed by atoms with E-state index in [4.69, 9.17) is 10.5 Å². The predicted molar refractivity (Wildman–Crippen MR) is 64.4 cm³/mol. The van der Waals surface area contributed by atoms with Crippen LogP contribution in [0.4, 0.5) is 0 Å². The number of ether oxygens (including phenoxy) is 1. The molecular weight excluding hydrogens is 202 g/mol. The lowest BCUT2D eigenvalue weighted by atomic mass is 9.95. The average Bonchev–Trinajstić information content (AvgIpc) is 2.73. The van der Waals surface area contributed by atoms with Crippen LogP contribution in [-0.4, -0.2) is 23.3 Å². The molecule has 0 saturated heterocycles. The second kappa shape index (κ2) is 4.14. The van der Waals surface area contributed by atoms with Crippen LogP contribution in [0.25, 0.3) is 10.9 Å². The molecule has 0 amide bonds. The van der Waals surface area contributed by atoms with E-state index in [1.54, 1.807) is 6.20 Å². The van der Waals surface area contributed by atoms with Crippen LogP contribution < -0.4 is 10.5 Å². The second-order valence-corrected chi connectivity index (χ2v) is 4.78. The van der Waals surface area contributed by atoms with Crippen molar-refractivity contribution in [3.63, 3.8) is 0 Å². The van der Waals surface area contributed by atoms with Gasteiger partial charge in [-0.2, -0.15) is 5.10 Å². The van der Waals surface area contributed by atoms with Crippen molar-refractivity contribution in [2.24, 2.45) is 11.1 Å². The summed E-state index contributed by atoms with van der Waals surface area (Å²) in [7, 11) is 0. The second-order valence-electron chi connectivity index (χ2n) is 4.78. The van der Waals surface area contributed by atoms with Gasteiger partial charge in [-0.3, -0.25) is 5.10 Å². The number of hydrogen-bond donors (Lipinski definition) is 2. The molecule has 1 aromatic carbocycles. The molecular formula is C12H17N3O. The Morgan fingerprint density at radius 2 is 2.25 bits per heavy atom. The van der Waals surface area contributed by atoms with Crippen molar-refractivity contribution < 1.29 is 4.74 Å². The monoisotopic (exact) mass is 219 g/mol. The molecule has 0 aliphatic rings. The first-order valence-electron chi connectivity index (χ1n) is 5.37. The largest absolute Gasteiger partial charge is 0.493 e. The first-order chi connectivity index (χ1) is 7.61. The number of fused-ring (bicyclic) bond motifs is 1. The third kappa shape index (κ3) is 2.33. The van der Waals surface area contributed by atoms with Gasteiger partial charge in [-0.15, -0.1) is 0 Å². The normalized spacial score (nSPS) is 11.9. The number of nitrogens with one attached hydrogen (secondary N) is 1. The van der Waals surface area contributed by atoms with Crippen molar-refractivity contribution in [2.75, 3.05) is 13.2 Å². The summed E-state index contributed by atoms with van der Waals surface area (Å²) in [5, 5.41) is 7.93. The van der Waals surface area contributed by atoms with Crippen molar-refractivity contribution in [1.29, 1.82) is 0 Å². The fourth-order valence-corrected chi connectivity index (χ4v) is 1.35. The van der Waals surface area contributed by atoms with Crippen LogP contribution in [0.15, 0.2) is 24.4 Å². The Kier molecular flexibility index (Phi) is 2.83. The number of nitrogens with two attached hydrogens (primary N) is 1. The van der Waals surface area contributed by atoms with Gasteiger partial charge >= 0.3 is 0 Å². The van der Waals surface area contributed by atoms with Gasteiger partial charge in [0.1, 0.15) is 5.75 Å². The number of hydrogen-bond acceptors (Lipinski definition) is 3. The van der Waals surface area contributed by atoms with Gasteiger partial charge in [0, 0.05) is 17.3 Å². The van der Waals surface area contributed by atoms with Crippen LogP contribution in [0, 0.1) is 5.41 Å². The molecule has 0 unspecified atom stereocenters. The van der Waals surface area contributed by atoms with E-state index in [1.807, 2.05) is 18.2 Å². The van der Waals surface area contributed by atoms with Gasteiger partial charge in [0.15, 0.2) is 0 Å². The van der Waals surface area contributed by atoms with E-state index >= 15 is 0 Å². The minimum absolute atomic E-state index is 0.00531. The Balaban J connectivity index is 2.09. The molecule has 1 heterocycles. The highest BCUT2D eigenvalue weighted by atomic mass is 16.5. The summed E-state index contributed by atoms with van der Waals surface area (Å²) >= 11 is 0. The van der Waals surface area contributed by atoms with Gasteiger partial charge in [0.05, 0.1) is 18.3 Å². The molecule has 0 radical (unpaired) electrons. The average molecular weight is 219 g/mol. The summed E-state index contributed by atoms with van der Waals surface area (Å²) in [5.74, 6) is 0.857. The number of aromatic nitrogens is 2. The summed E-state index contributed by atoms with van der Waals surface area (Å²) in [6.07, 6.45) is 1.79. The standard InChI is InChI=1S/C12H17N3O/c1-12(2,7-13)8-16-10-3-4-11-9(5-10)6-14-15-11/h3-6H,7-8,13H2,1-2H3,(H,14,15). The Morgan fingerprint density at radius 3 is 3.00 bits per heavy atom. The Morgan fingerprint density at radius 1 is 1.44 bits per heavy atom. The fraction of sp³-hybridized carbons (Fsp3) is 0.417. The van der Waals surface area contributed by atoms with Gasteiger partial charge in [-0.05, 0) is 18.2 Å². The smallest absolute Gasteiger partial charge is 0.120 e. The van der Waals surface area contributed by atoms with Crippen molar-refractivity contribution in [3.05, 3.63) is 24.4 Å². The van der Waals surface area contributed by atoms with Crippen LogP contribution in [0.2, 0.25) is 0 Å². The van der Waals surface area contributed by atoms with E-state index < -0.39 is 0 Å². The highest BCUT2D eigenvalue weighted by Gasteiger charge is 2.16. The number of benzene rings is 1. The molecule has 0 aliphatic heterocycles. The van der Waals surface area contributed by atoms with Gasteiger partial charge in [-0.1, -0.05) is 13.8 Å². The zero-order valence-corrected chi connectivity index (χ0v) is 9.66. The molecule has 2 rings (SSSR count). The fourth-order valence-electron chi connectivity index (χ4n) is 1.35. The van der Waals surface area contributed by atoms with Crippen molar-refractivity contribution in [3.8, 4) is 5.75 Å². The quantitative estimate of drug-likeness (QED) is 0.825. The van der Waals surface area contributed by atoms with Gasteiger partial charge in [-0.25, -0.2) is 0 Å². The molecule has 0 fully saturated rings. The zero-order valence-electron chi connectivity index (χ0n) is 9.66. The van der Waals surface area contributed by atoms with Crippen molar-refractivity contribution in [1.82, 2.24) is 10.2 Å². The van der Waals surface area contributed by atoms with Gasteiger partial charge < -0.3 is 10.5 Å². The predicted octanol–water partition coefficient (Wildman–Crippen LogP) is 1.93. The van der Waals surface area contributed by atoms with Crippen LogP contribution in [0.1, 0.15) is 13.8 Å². The van der Waals surface area contributed by atoms with E-state index in [0.717, 1.165) is 16.7 Å². The molecule has 4 nitrogen and oxygen atoms in total. The highest BCUT2D eigenvalue weighted by molar-refractivity contribution is 5.79. The van der Waals surface area contributed by atoms with E-state index in [-0.39, 0.29) is 5.41 Å². The third-order valence-corrected chi connectivity index (χ3v) is 2.59. The highest BCUT2D eigenvalue weighted by Crippen LogP contribution is 2.21. The van der Waals surface area contributed by atoms with E-state index in [2.05, 4.69) is 24.0 Å². The summed E-state index contributed by atoms with van der Waals surface area (Å²) in [6, 6.07) is 5.88. The lowest BCUT2D eigenvalue weighted by molar-refractivity contribution is 0.187. The number of rotatable bonds is 4. The molecule has 0 atom stereocenters. The summed E-state index contributed by atoms with van der Waals surface area (Å²) < 4.78 is 5.72. The maximum absolute atomic E-state index is 5.72. The van der Waals surface area contributed by atoms with Crippen LogP contribution in [-0.2, 0) is 0 Å². The topological polar surface area (TPSA) is 63.9 Å². The van der Waals surface area contributed by atoms with Crippen molar-refractivity contribution >= 4 is 10.9 Å². The molecule has 1 aromatic heterocycles. The molecule has 0 aliphatic carbocycles. The Labute approximate surface area is 94.8 Å². The first-order valence-corrected chi connectivity index (χ1v) is 5.37. The third-order valence-electron chi connectivity index (χ3n) is 2.59. The molecule has 16 heavy (non-hydrogen) atoms. The van der Waals surface area contributed by atoms with Crippen molar-refractivity contribution in [2.45, 2.75) is 13.8 Å². The van der Waals surface area contributed by atoms with Gasteiger partial charge in [0.25, 0.3) is 0 Å². The number of aromatic amines is 1. The van der Waals surface area contributed by atoms with Crippen LogP contribution in [0.5, 0.6) is 5.75 Å². The van der Waals surface area contributed by atoms with E-state index in [0.29, 0.717) is 13.2 Å². The molecule has 0 spiro atoms. The Hall–Kier alpha value is -1.55. The molecule has 3 N–H and O–H groups in total. The SMILES string of the molecule is CC(C)(CN)COc1ccc2[nH]ncc2c1. The van der Waals surface area contributed by atoms with E-state index in [1.165, 1.54) is 0 Å². The van der Waals surface area contributed by atoms with E-state index in [9.17, 15) is 0 Å². The molecule has 0 bridgehead atoms. The molecule has 0 saturated carbocycles. The minimum atomic E-state index is 0.00531. The number of nitrogens with zero attached hydrogens (tertiary/aromatic N) is 1.